The van der Waals surface area contributed by atoms with E-state index >= 15 is 0 Å². The zero-order valence-electron chi connectivity index (χ0n) is 18.0. The van der Waals surface area contributed by atoms with E-state index in [1.165, 1.54) is 83.5 Å². The number of nitrogens with two attached hydrogens (primary N) is 2. The average Bonchev–Trinajstić information content (AvgIpc) is 2.68. The van der Waals surface area contributed by atoms with Gasteiger partial charge in [-0.05, 0) is 18.6 Å². The third-order valence-corrected chi connectivity index (χ3v) is 5.31. The van der Waals surface area contributed by atoms with Gasteiger partial charge in [0, 0.05) is 6.42 Å². The summed E-state index contributed by atoms with van der Waals surface area (Å²) >= 11 is 0. The molecule has 4 N–H and O–H groups in total. The van der Waals surface area contributed by atoms with Crippen LogP contribution in [0.3, 0.4) is 0 Å². The van der Waals surface area contributed by atoms with Crippen molar-refractivity contribution in [1.29, 1.82) is 0 Å². The monoisotopic (exact) mass is 390 g/mol. The Kier molecular flexibility index (Phi) is 14.1. The van der Waals surface area contributed by atoms with Crippen molar-refractivity contribution in [2.24, 2.45) is 0 Å². The molecule has 0 aliphatic carbocycles. The first-order valence-electron chi connectivity index (χ1n) is 11.5. The number of ether oxygens (including phenoxy) is 1. The van der Waals surface area contributed by atoms with E-state index in [1.807, 2.05) is 0 Å². The van der Waals surface area contributed by atoms with Crippen LogP contribution in [0.5, 0.6) is 5.75 Å². The van der Waals surface area contributed by atoms with Gasteiger partial charge in [0.05, 0.1) is 11.4 Å². The second-order valence-corrected chi connectivity index (χ2v) is 7.93. The van der Waals surface area contributed by atoms with Gasteiger partial charge in [0.1, 0.15) is 0 Å². The fraction of sp³-hybridized carbons (Fsp3) is 0.708. The quantitative estimate of drug-likeness (QED) is 0.130. The SMILES string of the molecule is CCCCCCCCCCCCCCCCCC(=O)Oc1cccc(N)c1N. The van der Waals surface area contributed by atoms with Gasteiger partial charge in [0.15, 0.2) is 5.75 Å². The smallest absolute Gasteiger partial charge is 0.311 e. The molecule has 0 amide bonds. The van der Waals surface area contributed by atoms with Gasteiger partial charge in [-0.3, -0.25) is 4.79 Å². The standard InChI is InChI=1S/C24H42N2O2/c1-2-3-4-5-6-7-8-9-10-11-12-13-14-15-16-20-23(27)28-22-19-17-18-21(25)24(22)26/h17-19H,2-16,20,25-26H2,1H3. The van der Waals surface area contributed by atoms with Gasteiger partial charge >= 0.3 is 5.97 Å². The van der Waals surface area contributed by atoms with E-state index in [0.29, 0.717) is 23.5 Å². The molecule has 0 saturated heterocycles. The zero-order valence-corrected chi connectivity index (χ0v) is 18.0. The fourth-order valence-corrected chi connectivity index (χ4v) is 3.46. The summed E-state index contributed by atoms with van der Waals surface area (Å²) in [5, 5.41) is 0. The molecule has 1 aromatic carbocycles. The van der Waals surface area contributed by atoms with Crippen LogP contribution in [0.4, 0.5) is 11.4 Å². The van der Waals surface area contributed by atoms with Crippen molar-refractivity contribution in [3.63, 3.8) is 0 Å². The Morgan fingerprint density at radius 1 is 0.750 bits per heavy atom. The van der Waals surface area contributed by atoms with Gasteiger partial charge in [-0.1, -0.05) is 103 Å². The van der Waals surface area contributed by atoms with Crippen LogP contribution in [0, 0.1) is 0 Å². The van der Waals surface area contributed by atoms with Crippen molar-refractivity contribution < 1.29 is 9.53 Å². The van der Waals surface area contributed by atoms with Crippen LogP contribution < -0.4 is 16.2 Å². The minimum atomic E-state index is -0.230. The number of para-hydroxylation sites is 1. The highest BCUT2D eigenvalue weighted by Crippen LogP contribution is 2.27. The van der Waals surface area contributed by atoms with Crippen molar-refractivity contribution in [2.75, 3.05) is 11.5 Å². The highest BCUT2D eigenvalue weighted by atomic mass is 16.5. The van der Waals surface area contributed by atoms with E-state index in [1.54, 1.807) is 18.2 Å². The maximum atomic E-state index is 11.9. The second-order valence-electron chi connectivity index (χ2n) is 7.93. The number of unbranched alkanes of at least 4 members (excludes halogenated alkanes) is 14. The number of carbonyl (C=O) groups excluding carboxylic acids is 1. The molecule has 0 aliphatic heterocycles. The van der Waals surface area contributed by atoms with Crippen LogP contribution in [-0.4, -0.2) is 5.97 Å². The summed E-state index contributed by atoms with van der Waals surface area (Å²) in [5.41, 5.74) is 12.3. The summed E-state index contributed by atoms with van der Waals surface area (Å²) in [7, 11) is 0. The van der Waals surface area contributed by atoms with Gasteiger partial charge in [-0.15, -0.1) is 0 Å². The molecule has 28 heavy (non-hydrogen) atoms. The molecule has 4 nitrogen and oxygen atoms in total. The summed E-state index contributed by atoms with van der Waals surface area (Å²) in [4.78, 5) is 11.9. The molecule has 0 unspecified atom stereocenters. The first-order valence-corrected chi connectivity index (χ1v) is 11.5. The molecule has 4 heteroatoms. The number of esters is 1. The molecular weight excluding hydrogens is 348 g/mol. The van der Waals surface area contributed by atoms with Crippen molar-refractivity contribution in [3.05, 3.63) is 18.2 Å². The Balaban J connectivity index is 1.87. The van der Waals surface area contributed by atoms with Gasteiger partial charge in [0.25, 0.3) is 0 Å². The molecule has 0 heterocycles. The predicted octanol–water partition coefficient (Wildman–Crippen LogP) is 7.02. The maximum Gasteiger partial charge on any atom is 0.311 e. The fourth-order valence-electron chi connectivity index (χ4n) is 3.46. The van der Waals surface area contributed by atoms with Crippen LogP contribution in [-0.2, 0) is 4.79 Å². The normalized spacial score (nSPS) is 10.9. The third kappa shape index (κ3) is 11.9. The lowest BCUT2D eigenvalue weighted by Crippen LogP contribution is -2.09. The lowest BCUT2D eigenvalue weighted by molar-refractivity contribution is -0.134. The van der Waals surface area contributed by atoms with Gasteiger partial charge in [0.2, 0.25) is 0 Å². The number of carbonyl (C=O) groups is 1. The van der Waals surface area contributed by atoms with Crippen LogP contribution in [0.2, 0.25) is 0 Å². The van der Waals surface area contributed by atoms with Gasteiger partial charge < -0.3 is 16.2 Å². The molecule has 0 spiro atoms. The summed E-state index contributed by atoms with van der Waals surface area (Å²) < 4.78 is 5.30. The lowest BCUT2D eigenvalue weighted by Gasteiger charge is -2.08. The number of rotatable bonds is 17. The summed E-state index contributed by atoms with van der Waals surface area (Å²) in [6.07, 6.45) is 20.1. The molecule has 0 bridgehead atoms. The maximum absolute atomic E-state index is 11.9. The van der Waals surface area contributed by atoms with E-state index in [2.05, 4.69) is 6.92 Å². The van der Waals surface area contributed by atoms with Crippen LogP contribution in [0.15, 0.2) is 18.2 Å². The first kappa shape index (κ1) is 24.3. The van der Waals surface area contributed by atoms with Crippen molar-refractivity contribution in [1.82, 2.24) is 0 Å². The molecule has 0 fully saturated rings. The Labute approximate surface area is 172 Å². The Morgan fingerprint density at radius 3 is 1.71 bits per heavy atom. The Hall–Kier alpha value is -1.71. The molecule has 0 saturated carbocycles. The van der Waals surface area contributed by atoms with Crippen molar-refractivity contribution >= 4 is 17.3 Å². The topological polar surface area (TPSA) is 78.3 Å². The number of anilines is 2. The number of benzene rings is 1. The van der Waals surface area contributed by atoms with E-state index in [0.717, 1.165) is 12.8 Å². The number of hydrogen-bond acceptors (Lipinski definition) is 4. The van der Waals surface area contributed by atoms with E-state index in [9.17, 15) is 4.79 Å². The highest BCUT2D eigenvalue weighted by molar-refractivity contribution is 5.78. The average molecular weight is 391 g/mol. The van der Waals surface area contributed by atoms with Gasteiger partial charge in [-0.2, -0.15) is 0 Å². The molecule has 1 aromatic rings. The molecule has 0 radical (unpaired) electrons. The summed E-state index contributed by atoms with van der Waals surface area (Å²) in [5.74, 6) is 0.137. The number of hydrogen-bond donors (Lipinski definition) is 2. The van der Waals surface area contributed by atoms with Crippen LogP contribution >= 0.6 is 0 Å². The van der Waals surface area contributed by atoms with Crippen LogP contribution in [0.25, 0.3) is 0 Å². The molecule has 0 aliphatic rings. The number of nitrogen functional groups attached to an aromatic ring is 2. The van der Waals surface area contributed by atoms with E-state index in [4.69, 9.17) is 16.2 Å². The molecule has 1 rings (SSSR count). The summed E-state index contributed by atoms with van der Waals surface area (Å²) in [6.45, 7) is 2.27. The molecule has 0 aromatic heterocycles. The zero-order chi connectivity index (χ0) is 20.5. The van der Waals surface area contributed by atoms with E-state index < -0.39 is 0 Å². The largest absolute Gasteiger partial charge is 0.424 e. The Bertz CT molecular complexity index is 531. The Morgan fingerprint density at radius 2 is 1.21 bits per heavy atom. The van der Waals surface area contributed by atoms with Crippen molar-refractivity contribution in [3.8, 4) is 5.75 Å². The minimum absolute atomic E-state index is 0.230. The third-order valence-electron chi connectivity index (χ3n) is 5.31. The predicted molar refractivity (Wildman–Crippen MR) is 120 cm³/mol. The second kappa shape index (κ2) is 16.3. The highest BCUT2D eigenvalue weighted by Gasteiger charge is 2.09. The molecule has 160 valence electrons. The minimum Gasteiger partial charge on any atom is -0.424 e. The molecule has 0 atom stereocenters. The first-order chi connectivity index (χ1) is 13.6. The lowest BCUT2D eigenvalue weighted by atomic mass is 10.0. The van der Waals surface area contributed by atoms with Crippen molar-refractivity contribution in [2.45, 2.75) is 110 Å². The van der Waals surface area contributed by atoms with Gasteiger partial charge in [-0.25, -0.2) is 0 Å². The molecular formula is C24H42N2O2. The van der Waals surface area contributed by atoms with Crippen LogP contribution in [0.1, 0.15) is 110 Å². The van der Waals surface area contributed by atoms with E-state index in [-0.39, 0.29) is 5.97 Å². The summed E-state index contributed by atoms with van der Waals surface area (Å²) in [6, 6.07) is 5.11.